The molecule has 0 amide bonds. The molecule has 110 valence electrons. The molecule has 0 spiro atoms. The fourth-order valence-corrected chi connectivity index (χ4v) is 2.71. The molecular weight excluding hydrogens is 278 g/mol. The third kappa shape index (κ3) is 2.02. The van der Waals surface area contributed by atoms with Crippen LogP contribution in [0.5, 0.6) is 5.75 Å². The number of hydrogen-bond acceptors (Lipinski definition) is 3. The smallest absolute Gasteiger partial charge is 0.351 e. The second-order valence-corrected chi connectivity index (χ2v) is 5.44. The standard InChI is InChI=1S/C17H15N3O2/c1-12-7-8-15-14(9-12)20-16(11-22-15)18-19(17(20)21)10-13-5-3-2-4-6-13/h2-9H,10-11H2,1H3. The molecule has 1 aliphatic heterocycles. The van der Waals surface area contributed by atoms with Crippen LogP contribution >= 0.6 is 0 Å². The number of aryl methyl sites for hydroxylation is 1. The van der Waals surface area contributed by atoms with Crippen molar-refractivity contribution in [3.63, 3.8) is 0 Å². The van der Waals surface area contributed by atoms with E-state index in [1.807, 2.05) is 55.5 Å². The Bertz CT molecular complexity index is 894. The van der Waals surface area contributed by atoms with Gasteiger partial charge in [0.15, 0.2) is 5.82 Å². The van der Waals surface area contributed by atoms with E-state index in [9.17, 15) is 4.79 Å². The number of benzene rings is 2. The van der Waals surface area contributed by atoms with Crippen molar-refractivity contribution in [1.29, 1.82) is 0 Å². The van der Waals surface area contributed by atoms with Gasteiger partial charge in [0, 0.05) is 0 Å². The maximum atomic E-state index is 12.7. The normalized spacial score (nSPS) is 12.4. The Balaban J connectivity index is 1.82. The van der Waals surface area contributed by atoms with Crippen molar-refractivity contribution in [2.75, 3.05) is 0 Å². The second-order valence-electron chi connectivity index (χ2n) is 5.44. The third-order valence-electron chi connectivity index (χ3n) is 3.79. The number of hydrogen-bond donors (Lipinski definition) is 0. The average molecular weight is 293 g/mol. The van der Waals surface area contributed by atoms with Crippen LogP contribution in [0.15, 0.2) is 53.3 Å². The van der Waals surface area contributed by atoms with Crippen LogP contribution in [0.1, 0.15) is 17.0 Å². The first-order chi connectivity index (χ1) is 10.7. The lowest BCUT2D eigenvalue weighted by Gasteiger charge is -2.17. The first kappa shape index (κ1) is 12.9. The predicted octanol–water partition coefficient (Wildman–Crippen LogP) is 2.28. The van der Waals surface area contributed by atoms with Gasteiger partial charge in [0.1, 0.15) is 12.4 Å². The zero-order valence-corrected chi connectivity index (χ0v) is 12.2. The Hall–Kier alpha value is -2.82. The lowest BCUT2D eigenvalue weighted by Crippen LogP contribution is -2.26. The summed E-state index contributed by atoms with van der Waals surface area (Å²) >= 11 is 0. The largest absolute Gasteiger partial charge is 0.483 e. The quantitative estimate of drug-likeness (QED) is 0.728. The summed E-state index contributed by atoms with van der Waals surface area (Å²) in [6, 6.07) is 15.7. The Kier molecular flexibility index (Phi) is 2.85. The van der Waals surface area contributed by atoms with E-state index in [1.54, 1.807) is 4.57 Å². The molecule has 0 saturated carbocycles. The summed E-state index contributed by atoms with van der Waals surface area (Å²) in [7, 11) is 0. The third-order valence-corrected chi connectivity index (χ3v) is 3.79. The minimum atomic E-state index is -0.131. The minimum absolute atomic E-state index is 0.131. The van der Waals surface area contributed by atoms with Crippen molar-refractivity contribution in [1.82, 2.24) is 14.3 Å². The average Bonchev–Trinajstić information content (AvgIpc) is 2.85. The monoisotopic (exact) mass is 293 g/mol. The molecule has 0 bridgehead atoms. The Morgan fingerprint density at radius 3 is 2.82 bits per heavy atom. The molecule has 3 aromatic rings. The van der Waals surface area contributed by atoms with Crippen molar-refractivity contribution >= 4 is 0 Å². The highest BCUT2D eigenvalue weighted by molar-refractivity contribution is 5.50. The highest BCUT2D eigenvalue weighted by Crippen LogP contribution is 2.28. The van der Waals surface area contributed by atoms with E-state index in [-0.39, 0.29) is 5.69 Å². The first-order valence-electron chi connectivity index (χ1n) is 7.19. The number of fused-ring (bicyclic) bond motifs is 3. The number of rotatable bonds is 2. The molecular formula is C17H15N3O2. The summed E-state index contributed by atoms with van der Waals surface area (Å²) in [5, 5.41) is 4.42. The zero-order chi connectivity index (χ0) is 15.1. The molecule has 2 heterocycles. The van der Waals surface area contributed by atoms with E-state index in [0.717, 1.165) is 22.6 Å². The predicted molar refractivity (Wildman–Crippen MR) is 82.4 cm³/mol. The second kappa shape index (κ2) is 4.87. The van der Waals surface area contributed by atoms with Crippen LogP contribution in [0, 0.1) is 6.92 Å². The molecule has 2 aromatic carbocycles. The highest BCUT2D eigenvalue weighted by atomic mass is 16.5. The summed E-state index contributed by atoms with van der Waals surface area (Å²) in [6.45, 7) is 2.77. The molecule has 0 fully saturated rings. The van der Waals surface area contributed by atoms with Gasteiger partial charge in [0.2, 0.25) is 0 Å². The molecule has 0 aliphatic carbocycles. The molecule has 0 N–H and O–H groups in total. The van der Waals surface area contributed by atoms with E-state index >= 15 is 0 Å². The van der Waals surface area contributed by atoms with Gasteiger partial charge in [0.05, 0.1) is 12.2 Å². The van der Waals surface area contributed by atoms with Gasteiger partial charge in [-0.15, -0.1) is 0 Å². The summed E-state index contributed by atoms with van der Waals surface area (Å²) in [5.74, 6) is 1.36. The Labute approximate surface area is 127 Å². The van der Waals surface area contributed by atoms with E-state index in [2.05, 4.69) is 5.10 Å². The minimum Gasteiger partial charge on any atom is -0.483 e. The molecule has 0 radical (unpaired) electrons. The van der Waals surface area contributed by atoms with Crippen LogP contribution in [0.3, 0.4) is 0 Å². The van der Waals surface area contributed by atoms with Gasteiger partial charge in [-0.1, -0.05) is 36.4 Å². The maximum Gasteiger partial charge on any atom is 0.351 e. The van der Waals surface area contributed by atoms with E-state index in [4.69, 9.17) is 4.74 Å². The van der Waals surface area contributed by atoms with Crippen molar-refractivity contribution in [3.05, 3.63) is 76.0 Å². The summed E-state index contributed by atoms with van der Waals surface area (Å²) in [4.78, 5) is 12.7. The fourth-order valence-electron chi connectivity index (χ4n) is 2.71. The zero-order valence-electron chi connectivity index (χ0n) is 12.2. The molecule has 0 saturated heterocycles. The van der Waals surface area contributed by atoms with Crippen LogP contribution in [-0.2, 0) is 13.2 Å². The molecule has 1 aromatic heterocycles. The van der Waals surface area contributed by atoms with Gasteiger partial charge >= 0.3 is 5.69 Å². The van der Waals surface area contributed by atoms with E-state index < -0.39 is 0 Å². The van der Waals surface area contributed by atoms with E-state index in [1.165, 1.54) is 4.68 Å². The van der Waals surface area contributed by atoms with Crippen LogP contribution in [-0.4, -0.2) is 14.3 Å². The van der Waals surface area contributed by atoms with Crippen molar-refractivity contribution in [2.45, 2.75) is 20.1 Å². The summed E-state index contributed by atoms with van der Waals surface area (Å²) in [5.41, 5.74) is 2.77. The van der Waals surface area contributed by atoms with Crippen molar-refractivity contribution in [3.8, 4) is 11.4 Å². The fraction of sp³-hybridized carbons (Fsp3) is 0.176. The van der Waals surface area contributed by atoms with Gasteiger partial charge in [-0.3, -0.25) is 0 Å². The van der Waals surface area contributed by atoms with Crippen molar-refractivity contribution < 1.29 is 4.74 Å². The summed E-state index contributed by atoms with van der Waals surface area (Å²) < 4.78 is 8.83. The SMILES string of the molecule is Cc1ccc2c(c1)-n1c(nn(Cc3ccccc3)c1=O)CO2. The highest BCUT2D eigenvalue weighted by Gasteiger charge is 2.23. The van der Waals surface area contributed by atoms with Gasteiger partial charge in [0.25, 0.3) is 0 Å². The molecule has 4 rings (SSSR count). The van der Waals surface area contributed by atoms with Gasteiger partial charge in [-0.05, 0) is 30.2 Å². The van der Waals surface area contributed by atoms with Crippen LogP contribution in [0.4, 0.5) is 0 Å². The van der Waals surface area contributed by atoms with Crippen molar-refractivity contribution in [2.24, 2.45) is 0 Å². The lowest BCUT2D eigenvalue weighted by atomic mass is 10.2. The number of ether oxygens (including phenoxy) is 1. The van der Waals surface area contributed by atoms with Crippen LogP contribution in [0.2, 0.25) is 0 Å². The summed E-state index contributed by atoms with van der Waals surface area (Å²) in [6.07, 6.45) is 0. The van der Waals surface area contributed by atoms with Crippen LogP contribution < -0.4 is 10.4 Å². The maximum absolute atomic E-state index is 12.7. The molecule has 22 heavy (non-hydrogen) atoms. The molecule has 0 unspecified atom stereocenters. The lowest BCUT2D eigenvalue weighted by molar-refractivity contribution is 0.278. The van der Waals surface area contributed by atoms with Crippen LogP contribution in [0.25, 0.3) is 5.69 Å². The van der Waals surface area contributed by atoms with Gasteiger partial charge in [-0.25, -0.2) is 14.0 Å². The number of aromatic nitrogens is 3. The molecule has 0 atom stereocenters. The molecule has 5 nitrogen and oxygen atoms in total. The topological polar surface area (TPSA) is 49.0 Å². The van der Waals surface area contributed by atoms with Gasteiger partial charge in [-0.2, -0.15) is 5.10 Å². The Morgan fingerprint density at radius 2 is 2.00 bits per heavy atom. The molecule has 5 heteroatoms. The van der Waals surface area contributed by atoms with Gasteiger partial charge < -0.3 is 4.74 Å². The van der Waals surface area contributed by atoms with E-state index in [0.29, 0.717) is 19.0 Å². The molecule has 1 aliphatic rings. The number of nitrogens with zero attached hydrogens (tertiary/aromatic N) is 3. The first-order valence-corrected chi connectivity index (χ1v) is 7.19. The Morgan fingerprint density at radius 1 is 1.18 bits per heavy atom.